The Kier molecular flexibility index (Phi) is 2.82. The summed E-state index contributed by atoms with van der Waals surface area (Å²) in [5, 5.41) is 4.31. The Bertz CT molecular complexity index is 596. The molecule has 0 aliphatic carbocycles. The minimum absolute atomic E-state index is 0.0482. The molecule has 1 aromatic heterocycles. The fraction of sp³-hybridized carbons (Fsp3) is 0.385. The van der Waals surface area contributed by atoms with Crippen molar-refractivity contribution in [3.63, 3.8) is 0 Å². The molecule has 2 atom stereocenters. The highest BCUT2D eigenvalue weighted by atomic mass is 19.2. The lowest BCUT2D eigenvalue weighted by atomic mass is 9.96. The standard InChI is InChI=1S/C13H14F2N4/c1-7-4-12-17-13(18-19(12)6-11(7)16)8-2-3-9(14)10(15)5-8/h2-3,5,7,11H,4,6,16H2,1H3. The summed E-state index contributed by atoms with van der Waals surface area (Å²) in [5.74, 6) is -0.169. The van der Waals surface area contributed by atoms with Crippen molar-refractivity contribution in [3.05, 3.63) is 35.7 Å². The average molecular weight is 264 g/mol. The van der Waals surface area contributed by atoms with Crippen molar-refractivity contribution in [3.8, 4) is 11.4 Å². The lowest BCUT2D eigenvalue weighted by Gasteiger charge is -2.25. The molecule has 2 unspecified atom stereocenters. The van der Waals surface area contributed by atoms with Crippen molar-refractivity contribution in [2.24, 2.45) is 11.7 Å². The molecule has 19 heavy (non-hydrogen) atoms. The zero-order valence-corrected chi connectivity index (χ0v) is 10.5. The molecule has 6 heteroatoms. The Morgan fingerprint density at radius 2 is 2.11 bits per heavy atom. The van der Waals surface area contributed by atoms with Crippen LogP contribution in [0.25, 0.3) is 11.4 Å². The molecule has 0 spiro atoms. The van der Waals surface area contributed by atoms with Gasteiger partial charge in [0.2, 0.25) is 0 Å². The van der Waals surface area contributed by atoms with Gasteiger partial charge >= 0.3 is 0 Å². The van der Waals surface area contributed by atoms with E-state index in [1.807, 2.05) is 0 Å². The van der Waals surface area contributed by atoms with E-state index in [1.54, 1.807) is 4.68 Å². The highest BCUT2D eigenvalue weighted by Crippen LogP contribution is 2.23. The lowest BCUT2D eigenvalue weighted by molar-refractivity contribution is 0.330. The predicted molar refractivity (Wildman–Crippen MR) is 66.2 cm³/mol. The molecule has 1 aliphatic rings. The third-order valence-corrected chi connectivity index (χ3v) is 3.55. The number of nitrogens with zero attached hydrogens (tertiary/aromatic N) is 3. The molecule has 0 bridgehead atoms. The SMILES string of the molecule is CC1Cc2nc(-c3ccc(F)c(F)c3)nn2CC1N. The molecule has 2 aromatic rings. The van der Waals surface area contributed by atoms with Crippen molar-refractivity contribution < 1.29 is 8.78 Å². The van der Waals surface area contributed by atoms with Crippen LogP contribution in [0.3, 0.4) is 0 Å². The van der Waals surface area contributed by atoms with Gasteiger partial charge in [-0.15, -0.1) is 0 Å². The van der Waals surface area contributed by atoms with Crippen LogP contribution >= 0.6 is 0 Å². The Morgan fingerprint density at radius 1 is 1.32 bits per heavy atom. The van der Waals surface area contributed by atoms with Gasteiger partial charge in [0.1, 0.15) is 5.82 Å². The molecule has 0 radical (unpaired) electrons. The molecule has 2 heterocycles. The molecule has 1 aliphatic heterocycles. The monoisotopic (exact) mass is 264 g/mol. The van der Waals surface area contributed by atoms with Crippen molar-refractivity contribution in [2.75, 3.05) is 0 Å². The zero-order chi connectivity index (χ0) is 13.6. The maximum atomic E-state index is 13.2. The van der Waals surface area contributed by atoms with Gasteiger partial charge < -0.3 is 5.73 Å². The van der Waals surface area contributed by atoms with Gasteiger partial charge in [-0.2, -0.15) is 5.10 Å². The lowest BCUT2D eigenvalue weighted by Crippen LogP contribution is -2.39. The van der Waals surface area contributed by atoms with Crippen LogP contribution in [-0.2, 0) is 13.0 Å². The largest absolute Gasteiger partial charge is 0.326 e. The van der Waals surface area contributed by atoms with Gasteiger partial charge in [0.05, 0.1) is 6.54 Å². The summed E-state index contributed by atoms with van der Waals surface area (Å²) in [4.78, 5) is 4.38. The van der Waals surface area contributed by atoms with E-state index < -0.39 is 11.6 Å². The number of hydrogen-bond donors (Lipinski definition) is 1. The molecule has 100 valence electrons. The van der Waals surface area contributed by atoms with Crippen LogP contribution in [0.5, 0.6) is 0 Å². The Morgan fingerprint density at radius 3 is 2.84 bits per heavy atom. The third kappa shape index (κ3) is 2.12. The van der Waals surface area contributed by atoms with Crippen LogP contribution in [0.2, 0.25) is 0 Å². The van der Waals surface area contributed by atoms with E-state index >= 15 is 0 Å². The van der Waals surface area contributed by atoms with Crippen LogP contribution in [0.15, 0.2) is 18.2 Å². The fourth-order valence-corrected chi connectivity index (χ4v) is 2.25. The van der Waals surface area contributed by atoms with Gasteiger partial charge in [0.25, 0.3) is 0 Å². The van der Waals surface area contributed by atoms with E-state index in [0.717, 1.165) is 24.4 Å². The van der Waals surface area contributed by atoms with Crippen molar-refractivity contribution in [2.45, 2.75) is 25.9 Å². The molecule has 0 saturated carbocycles. The summed E-state index contributed by atoms with van der Waals surface area (Å²) >= 11 is 0. The van der Waals surface area contributed by atoms with E-state index in [-0.39, 0.29) is 6.04 Å². The Balaban J connectivity index is 1.99. The second-order valence-electron chi connectivity index (χ2n) is 5.01. The molecular weight excluding hydrogens is 250 g/mol. The maximum Gasteiger partial charge on any atom is 0.181 e. The van der Waals surface area contributed by atoms with Gasteiger partial charge in [-0.3, -0.25) is 0 Å². The number of aromatic nitrogens is 3. The van der Waals surface area contributed by atoms with Crippen molar-refractivity contribution in [1.29, 1.82) is 0 Å². The van der Waals surface area contributed by atoms with Crippen LogP contribution < -0.4 is 5.73 Å². The quantitative estimate of drug-likeness (QED) is 0.853. The first kappa shape index (κ1) is 12.2. The normalized spacial score (nSPS) is 22.3. The smallest absolute Gasteiger partial charge is 0.181 e. The summed E-state index contributed by atoms with van der Waals surface area (Å²) < 4.78 is 27.9. The topological polar surface area (TPSA) is 56.7 Å². The highest BCUT2D eigenvalue weighted by molar-refractivity contribution is 5.54. The third-order valence-electron chi connectivity index (χ3n) is 3.55. The molecule has 4 nitrogen and oxygen atoms in total. The van der Waals surface area contributed by atoms with Crippen molar-refractivity contribution >= 4 is 0 Å². The molecule has 0 fully saturated rings. The maximum absolute atomic E-state index is 13.2. The van der Waals surface area contributed by atoms with Crippen LogP contribution in [0.4, 0.5) is 8.78 Å². The van der Waals surface area contributed by atoms with E-state index in [1.165, 1.54) is 6.07 Å². The first-order chi connectivity index (χ1) is 9.04. The molecule has 2 N–H and O–H groups in total. The number of benzene rings is 1. The van der Waals surface area contributed by atoms with E-state index in [2.05, 4.69) is 17.0 Å². The summed E-state index contributed by atoms with van der Waals surface area (Å²) in [5.41, 5.74) is 6.46. The first-order valence-corrected chi connectivity index (χ1v) is 6.19. The molecule has 0 amide bonds. The van der Waals surface area contributed by atoms with Gasteiger partial charge in [-0.25, -0.2) is 18.4 Å². The molecule has 0 saturated heterocycles. The number of halogens is 2. The summed E-state index contributed by atoms with van der Waals surface area (Å²) in [6, 6.07) is 3.72. The zero-order valence-electron chi connectivity index (χ0n) is 10.5. The van der Waals surface area contributed by atoms with E-state index in [4.69, 9.17) is 5.73 Å². The molecular formula is C13H14F2N4. The summed E-state index contributed by atoms with van der Waals surface area (Å²) in [7, 11) is 0. The number of fused-ring (bicyclic) bond motifs is 1. The number of rotatable bonds is 1. The second kappa shape index (κ2) is 4.38. The van der Waals surface area contributed by atoms with Gasteiger partial charge in [-0.05, 0) is 24.1 Å². The van der Waals surface area contributed by atoms with E-state index in [9.17, 15) is 8.78 Å². The average Bonchev–Trinajstić information content (AvgIpc) is 2.76. The highest BCUT2D eigenvalue weighted by Gasteiger charge is 2.25. The molecule has 1 aromatic carbocycles. The fourth-order valence-electron chi connectivity index (χ4n) is 2.25. The minimum atomic E-state index is -0.893. The summed E-state index contributed by atoms with van der Waals surface area (Å²) in [6.45, 7) is 2.67. The first-order valence-electron chi connectivity index (χ1n) is 6.19. The Hall–Kier alpha value is -1.82. The number of nitrogens with two attached hydrogens (primary N) is 1. The minimum Gasteiger partial charge on any atom is -0.326 e. The number of hydrogen-bond acceptors (Lipinski definition) is 3. The Labute approximate surface area is 109 Å². The van der Waals surface area contributed by atoms with Gasteiger partial charge in [0.15, 0.2) is 17.5 Å². The second-order valence-corrected chi connectivity index (χ2v) is 5.01. The van der Waals surface area contributed by atoms with Crippen LogP contribution in [-0.4, -0.2) is 20.8 Å². The van der Waals surface area contributed by atoms with Gasteiger partial charge in [-0.1, -0.05) is 6.92 Å². The molecule has 3 rings (SSSR count). The van der Waals surface area contributed by atoms with Crippen LogP contribution in [0, 0.1) is 17.6 Å². The predicted octanol–water partition coefficient (Wildman–Crippen LogP) is 1.74. The van der Waals surface area contributed by atoms with Crippen molar-refractivity contribution in [1.82, 2.24) is 14.8 Å². The van der Waals surface area contributed by atoms with E-state index in [0.29, 0.717) is 23.9 Å². The van der Waals surface area contributed by atoms with Crippen LogP contribution in [0.1, 0.15) is 12.7 Å². The van der Waals surface area contributed by atoms with Gasteiger partial charge in [0, 0.05) is 18.0 Å². The summed E-state index contributed by atoms with van der Waals surface area (Å²) in [6.07, 6.45) is 0.748.